The van der Waals surface area contributed by atoms with Crippen LogP contribution >= 0.6 is 0 Å². The lowest BCUT2D eigenvalue weighted by Gasteiger charge is -2.21. The van der Waals surface area contributed by atoms with E-state index in [9.17, 15) is 4.79 Å². The molecular formula is C22H24N4O. The number of nitrogens with zero attached hydrogens (tertiary/aromatic N) is 3. The zero-order valence-electron chi connectivity index (χ0n) is 16.2. The standard InChI is InChI=1S/C22H24N4O/c1-5-26(18-11-6-8-15(2)14-18)22-23-13-12-19(24-22)21(27)25-20-16(3)9-7-10-17(20)4/h6-14H,5H2,1-4H3,(H,25,27). The van der Waals surface area contributed by atoms with Gasteiger partial charge in [0.25, 0.3) is 5.91 Å². The lowest BCUT2D eigenvalue weighted by Crippen LogP contribution is -2.21. The van der Waals surface area contributed by atoms with Gasteiger partial charge in [-0.25, -0.2) is 9.97 Å². The van der Waals surface area contributed by atoms with Gasteiger partial charge in [-0.1, -0.05) is 30.3 Å². The Balaban J connectivity index is 1.89. The average molecular weight is 360 g/mol. The lowest BCUT2D eigenvalue weighted by atomic mass is 10.1. The number of nitrogens with one attached hydrogen (secondary N) is 1. The van der Waals surface area contributed by atoms with E-state index in [1.807, 2.05) is 69.0 Å². The van der Waals surface area contributed by atoms with Gasteiger partial charge in [-0.2, -0.15) is 0 Å². The number of benzene rings is 2. The van der Waals surface area contributed by atoms with E-state index < -0.39 is 0 Å². The molecule has 138 valence electrons. The Kier molecular flexibility index (Phi) is 5.50. The predicted molar refractivity (Wildman–Crippen MR) is 110 cm³/mol. The number of carbonyl (C=O) groups is 1. The summed E-state index contributed by atoms with van der Waals surface area (Å²) in [6.07, 6.45) is 1.63. The van der Waals surface area contributed by atoms with Crippen LogP contribution < -0.4 is 10.2 Å². The molecule has 5 heteroatoms. The number of para-hydroxylation sites is 1. The molecule has 2 aromatic carbocycles. The molecule has 0 radical (unpaired) electrons. The van der Waals surface area contributed by atoms with Crippen LogP contribution in [-0.4, -0.2) is 22.4 Å². The van der Waals surface area contributed by atoms with E-state index in [2.05, 4.69) is 21.4 Å². The first-order chi connectivity index (χ1) is 13.0. The minimum absolute atomic E-state index is 0.239. The van der Waals surface area contributed by atoms with Gasteiger partial charge in [-0.15, -0.1) is 0 Å². The summed E-state index contributed by atoms with van der Waals surface area (Å²) in [6, 6.07) is 15.7. The Bertz CT molecular complexity index is 948. The van der Waals surface area contributed by atoms with Crippen molar-refractivity contribution >= 4 is 23.2 Å². The van der Waals surface area contributed by atoms with E-state index in [0.29, 0.717) is 18.2 Å². The van der Waals surface area contributed by atoms with E-state index in [1.165, 1.54) is 0 Å². The van der Waals surface area contributed by atoms with Crippen molar-refractivity contribution in [1.29, 1.82) is 0 Å². The highest BCUT2D eigenvalue weighted by Gasteiger charge is 2.15. The van der Waals surface area contributed by atoms with Gasteiger partial charge in [0.15, 0.2) is 0 Å². The monoisotopic (exact) mass is 360 g/mol. The van der Waals surface area contributed by atoms with Gasteiger partial charge in [-0.05, 0) is 62.6 Å². The number of aryl methyl sites for hydroxylation is 3. The molecule has 3 rings (SSSR count). The largest absolute Gasteiger partial charge is 0.320 e. The van der Waals surface area contributed by atoms with E-state index >= 15 is 0 Å². The topological polar surface area (TPSA) is 58.1 Å². The summed E-state index contributed by atoms with van der Waals surface area (Å²) in [7, 11) is 0. The maximum absolute atomic E-state index is 12.8. The Morgan fingerprint density at radius 1 is 1.04 bits per heavy atom. The van der Waals surface area contributed by atoms with Gasteiger partial charge >= 0.3 is 0 Å². The minimum Gasteiger partial charge on any atom is -0.320 e. The molecule has 1 heterocycles. The number of hydrogen-bond acceptors (Lipinski definition) is 4. The van der Waals surface area contributed by atoms with Crippen molar-refractivity contribution in [2.45, 2.75) is 27.7 Å². The summed E-state index contributed by atoms with van der Waals surface area (Å²) >= 11 is 0. The third kappa shape index (κ3) is 4.14. The van der Waals surface area contributed by atoms with E-state index in [1.54, 1.807) is 12.3 Å². The van der Waals surface area contributed by atoms with Gasteiger partial charge in [0.1, 0.15) is 5.69 Å². The van der Waals surface area contributed by atoms with Crippen LogP contribution in [0.15, 0.2) is 54.7 Å². The fourth-order valence-electron chi connectivity index (χ4n) is 3.03. The van der Waals surface area contributed by atoms with Crippen LogP contribution in [-0.2, 0) is 0 Å². The highest BCUT2D eigenvalue weighted by Crippen LogP contribution is 2.23. The number of aromatic nitrogens is 2. The third-order valence-electron chi connectivity index (χ3n) is 4.47. The minimum atomic E-state index is -0.239. The van der Waals surface area contributed by atoms with Crippen LogP contribution in [0.1, 0.15) is 34.1 Å². The first kappa shape index (κ1) is 18.6. The average Bonchev–Trinajstić information content (AvgIpc) is 2.66. The fourth-order valence-corrected chi connectivity index (χ4v) is 3.03. The summed E-state index contributed by atoms with van der Waals surface area (Å²) in [4.78, 5) is 23.6. The number of amides is 1. The smallest absolute Gasteiger partial charge is 0.274 e. The van der Waals surface area contributed by atoms with Crippen molar-refractivity contribution in [1.82, 2.24) is 9.97 Å². The summed E-state index contributed by atoms with van der Waals surface area (Å²) in [5.41, 5.74) is 5.38. The second-order valence-corrected chi connectivity index (χ2v) is 6.55. The summed E-state index contributed by atoms with van der Waals surface area (Å²) in [5.74, 6) is 0.272. The van der Waals surface area contributed by atoms with Crippen molar-refractivity contribution in [3.8, 4) is 0 Å². The molecule has 0 fully saturated rings. The molecular weight excluding hydrogens is 336 g/mol. The molecule has 0 saturated carbocycles. The van der Waals surface area contributed by atoms with Gasteiger partial charge < -0.3 is 10.2 Å². The first-order valence-corrected chi connectivity index (χ1v) is 9.04. The van der Waals surface area contributed by atoms with Crippen LogP contribution in [0.2, 0.25) is 0 Å². The van der Waals surface area contributed by atoms with E-state index in [0.717, 1.165) is 28.1 Å². The lowest BCUT2D eigenvalue weighted by molar-refractivity contribution is 0.102. The van der Waals surface area contributed by atoms with Gasteiger partial charge in [-0.3, -0.25) is 4.79 Å². The Morgan fingerprint density at radius 2 is 1.74 bits per heavy atom. The number of hydrogen-bond donors (Lipinski definition) is 1. The molecule has 27 heavy (non-hydrogen) atoms. The van der Waals surface area contributed by atoms with Crippen molar-refractivity contribution in [3.05, 3.63) is 77.1 Å². The summed E-state index contributed by atoms with van der Waals surface area (Å²) in [5, 5.41) is 2.98. The molecule has 0 aliphatic rings. The highest BCUT2D eigenvalue weighted by atomic mass is 16.1. The Morgan fingerprint density at radius 3 is 2.41 bits per heavy atom. The molecule has 1 aromatic heterocycles. The number of rotatable bonds is 5. The highest BCUT2D eigenvalue weighted by molar-refractivity contribution is 6.03. The Hall–Kier alpha value is -3.21. The fraction of sp³-hybridized carbons (Fsp3) is 0.227. The van der Waals surface area contributed by atoms with E-state index in [-0.39, 0.29) is 5.91 Å². The maximum atomic E-state index is 12.8. The third-order valence-corrected chi connectivity index (χ3v) is 4.47. The number of anilines is 3. The molecule has 0 saturated heterocycles. The van der Waals surface area contributed by atoms with Crippen LogP contribution in [0, 0.1) is 20.8 Å². The molecule has 0 bridgehead atoms. The Labute approximate surface area is 160 Å². The molecule has 0 aliphatic carbocycles. The SMILES string of the molecule is CCN(c1cccc(C)c1)c1nccc(C(=O)Nc2c(C)cccc2C)n1. The van der Waals surface area contributed by atoms with Crippen molar-refractivity contribution in [2.75, 3.05) is 16.8 Å². The zero-order valence-corrected chi connectivity index (χ0v) is 16.2. The van der Waals surface area contributed by atoms with E-state index in [4.69, 9.17) is 0 Å². The second-order valence-electron chi connectivity index (χ2n) is 6.55. The van der Waals surface area contributed by atoms with Gasteiger partial charge in [0, 0.05) is 24.1 Å². The quantitative estimate of drug-likeness (QED) is 0.709. The molecule has 1 amide bonds. The molecule has 0 unspecified atom stereocenters. The molecule has 3 aromatic rings. The molecule has 0 spiro atoms. The van der Waals surface area contributed by atoms with Crippen molar-refractivity contribution < 1.29 is 4.79 Å². The van der Waals surface area contributed by atoms with Crippen LogP contribution in [0.4, 0.5) is 17.3 Å². The van der Waals surface area contributed by atoms with Crippen LogP contribution in [0.5, 0.6) is 0 Å². The van der Waals surface area contributed by atoms with Crippen LogP contribution in [0.25, 0.3) is 0 Å². The van der Waals surface area contributed by atoms with Gasteiger partial charge in [0.2, 0.25) is 5.95 Å². The second kappa shape index (κ2) is 7.99. The maximum Gasteiger partial charge on any atom is 0.274 e. The first-order valence-electron chi connectivity index (χ1n) is 9.04. The van der Waals surface area contributed by atoms with Crippen LogP contribution in [0.3, 0.4) is 0 Å². The summed E-state index contributed by atoms with van der Waals surface area (Å²) in [6.45, 7) is 8.74. The van der Waals surface area contributed by atoms with Crippen molar-refractivity contribution in [3.63, 3.8) is 0 Å². The summed E-state index contributed by atoms with van der Waals surface area (Å²) < 4.78 is 0. The zero-order chi connectivity index (χ0) is 19.4. The normalized spacial score (nSPS) is 10.5. The van der Waals surface area contributed by atoms with Crippen molar-refractivity contribution in [2.24, 2.45) is 0 Å². The predicted octanol–water partition coefficient (Wildman–Crippen LogP) is 4.81. The number of carbonyl (C=O) groups excluding carboxylic acids is 1. The van der Waals surface area contributed by atoms with Gasteiger partial charge in [0.05, 0.1) is 0 Å². The molecule has 1 N–H and O–H groups in total. The molecule has 5 nitrogen and oxygen atoms in total. The molecule has 0 atom stereocenters. The molecule has 0 aliphatic heterocycles.